The monoisotopic (exact) mass is 330 g/mol. The van der Waals surface area contributed by atoms with E-state index in [9.17, 15) is 4.79 Å². The maximum Gasteiger partial charge on any atom is 0.260 e. The van der Waals surface area contributed by atoms with Crippen LogP contribution in [0.25, 0.3) is 0 Å². The Morgan fingerprint density at radius 1 is 1.12 bits per heavy atom. The summed E-state index contributed by atoms with van der Waals surface area (Å²) in [5.74, 6) is 0.855. The highest BCUT2D eigenvalue weighted by Crippen LogP contribution is 2.29. The van der Waals surface area contributed by atoms with Crippen molar-refractivity contribution in [3.63, 3.8) is 0 Å². The molecule has 132 valence electrons. The number of amides is 1. The molecule has 1 aliphatic carbocycles. The maximum absolute atomic E-state index is 12.6. The lowest BCUT2D eigenvalue weighted by atomic mass is 9.88. The second-order valence-electron chi connectivity index (χ2n) is 7.27. The van der Waals surface area contributed by atoms with Gasteiger partial charge in [0.05, 0.1) is 0 Å². The molecule has 3 rings (SSSR count). The lowest BCUT2D eigenvalue weighted by Crippen LogP contribution is -2.53. The molecule has 0 aromatic heterocycles. The van der Waals surface area contributed by atoms with Gasteiger partial charge in [-0.3, -0.25) is 9.69 Å². The molecule has 0 bridgehead atoms. The number of nitrogens with zero attached hydrogens (tertiary/aromatic N) is 2. The van der Waals surface area contributed by atoms with Crippen LogP contribution < -0.4 is 4.74 Å². The van der Waals surface area contributed by atoms with Crippen LogP contribution in [0, 0.1) is 6.92 Å². The summed E-state index contributed by atoms with van der Waals surface area (Å²) in [5, 5.41) is 0. The Bertz CT molecular complexity index is 537. The third kappa shape index (κ3) is 4.10. The van der Waals surface area contributed by atoms with Crippen molar-refractivity contribution in [2.75, 3.05) is 26.7 Å². The molecule has 2 aliphatic rings. The van der Waals surface area contributed by atoms with Crippen molar-refractivity contribution in [2.24, 2.45) is 0 Å². The van der Waals surface area contributed by atoms with Gasteiger partial charge in [0.1, 0.15) is 5.75 Å². The molecule has 2 atom stereocenters. The fourth-order valence-corrected chi connectivity index (χ4v) is 4.11. The van der Waals surface area contributed by atoms with Crippen molar-refractivity contribution in [1.29, 1.82) is 0 Å². The summed E-state index contributed by atoms with van der Waals surface area (Å²) < 4.78 is 5.69. The van der Waals surface area contributed by atoms with Gasteiger partial charge in [-0.15, -0.1) is 0 Å². The molecule has 1 saturated carbocycles. The number of benzene rings is 1. The van der Waals surface area contributed by atoms with Gasteiger partial charge in [-0.1, -0.05) is 30.5 Å². The Morgan fingerprint density at radius 2 is 1.79 bits per heavy atom. The maximum atomic E-state index is 12.6. The Morgan fingerprint density at radius 3 is 2.50 bits per heavy atom. The van der Waals surface area contributed by atoms with Crippen LogP contribution in [0.5, 0.6) is 5.75 Å². The summed E-state index contributed by atoms with van der Waals surface area (Å²) in [6.07, 6.45) is 7.47. The zero-order chi connectivity index (χ0) is 16.9. The highest BCUT2D eigenvalue weighted by atomic mass is 16.5. The van der Waals surface area contributed by atoms with Crippen LogP contribution in [0.1, 0.15) is 44.1 Å². The highest BCUT2D eigenvalue weighted by molar-refractivity contribution is 5.78. The van der Waals surface area contributed by atoms with Gasteiger partial charge in [0, 0.05) is 19.1 Å². The van der Waals surface area contributed by atoms with Gasteiger partial charge < -0.3 is 9.64 Å². The third-order valence-electron chi connectivity index (χ3n) is 5.58. The quantitative estimate of drug-likeness (QED) is 0.831. The van der Waals surface area contributed by atoms with Crippen LogP contribution in [-0.2, 0) is 4.79 Å². The molecule has 1 aliphatic heterocycles. The van der Waals surface area contributed by atoms with Crippen LogP contribution in [0.4, 0.5) is 0 Å². The van der Waals surface area contributed by atoms with Crippen molar-refractivity contribution in [3.05, 3.63) is 29.8 Å². The summed E-state index contributed by atoms with van der Waals surface area (Å²) in [5.41, 5.74) is 1.20. The first-order chi connectivity index (χ1) is 11.6. The van der Waals surface area contributed by atoms with E-state index in [1.54, 1.807) is 0 Å². The van der Waals surface area contributed by atoms with Crippen LogP contribution in [0.2, 0.25) is 0 Å². The van der Waals surface area contributed by atoms with Gasteiger partial charge in [0.2, 0.25) is 0 Å². The first kappa shape index (κ1) is 17.3. The molecule has 1 amide bonds. The number of hydrogen-bond donors (Lipinski definition) is 0. The molecule has 4 heteroatoms. The first-order valence-corrected chi connectivity index (χ1v) is 9.34. The van der Waals surface area contributed by atoms with Crippen LogP contribution in [0.15, 0.2) is 24.3 Å². The Balaban J connectivity index is 1.57. The highest BCUT2D eigenvalue weighted by Gasteiger charge is 2.35. The number of likely N-dealkylation sites (N-methyl/N-ethyl adjacent to an activating group) is 1. The van der Waals surface area contributed by atoms with Gasteiger partial charge in [-0.05, 0) is 57.8 Å². The Hall–Kier alpha value is -1.55. The number of ether oxygens (including phenoxy) is 1. The topological polar surface area (TPSA) is 32.8 Å². The zero-order valence-corrected chi connectivity index (χ0v) is 15.0. The van der Waals surface area contributed by atoms with Gasteiger partial charge in [-0.25, -0.2) is 0 Å². The van der Waals surface area contributed by atoms with E-state index in [4.69, 9.17) is 4.74 Å². The van der Waals surface area contributed by atoms with E-state index < -0.39 is 0 Å². The first-order valence-electron chi connectivity index (χ1n) is 9.34. The number of carbonyl (C=O) groups is 1. The standard InChI is InChI=1S/C20H30N2O2/c1-16-9-11-17(12-10-16)24-15-20(23)21(2)18-7-3-4-8-19(18)22-13-5-6-14-22/h9-12,18-19H,3-8,13-15H2,1-2H3/t18-,19-/m1/s1. The van der Waals surface area contributed by atoms with E-state index in [0.717, 1.165) is 12.2 Å². The number of carbonyl (C=O) groups excluding carboxylic acids is 1. The summed E-state index contributed by atoms with van der Waals surface area (Å²) in [4.78, 5) is 17.2. The molecule has 4 nitrogen and oxygen atoms in total. The molecule has 0 spiro atoms. The molecule has 2 fully saturated rings. The molecular formula is C20H30N2O2. The Labute approximate surface area is 145 Å². The van der Waals surface area contributed by atoms with E-state index in [-0.39, 0.29) is 12.5 Å². The molecule has 0 radical (unpaired) electrons. The molecule has 0 N–H and O–H groups in total. The van der Waals surface area contributed by atoms with E-state index >= 15 is 0 Å². The number of rotatable bonds is 5. The number of aryl methyl sites for hydroxylation is 1. The lowest BCUT2D eigenvalue weighted by molar-refractivity contribution is -0.136. The van der Waals surface area contributed by atoms with Gasteiger partial charge in [-0.2, -0.15) is 0 Å². The van der Waals surface area contributed by atoms with Gasteiger partial charge >= 0.3 is 0 Å². The number of likely N-dealkylation sites (tertiary alicyclic amines) is 1. The summed E-state index contributed by atoms with van der Waals surface area (Å²) in [7, 11) is 1.96. The average Bonchev–Trinajstić information content (AvgIpc) is 3.15. The predicted octanol–water partition coefficient (Wildman–Crippen LogP) is 3.24. The minimum absolute atomic E-state index is 0.0895. The minimum atomic E-state index is 0.0895. The van der Waals surface area contributed by atoms with E-state index in [1.807, 2.05) is 43.1 Å². The third-order valence-corrected chi connectivity index (χ3v) is 5.58. The van der Waals surface area contributed by atoms with Crippen molar-refractivity contribution in [1.82, 2.24) is 9.80 Å². The molecule has 1 heterocycles. The molecule has 0 unspecified atom stereocenters. The van der Waals surface area contributed by atoms with Crippen molar-refractivity contribution < 1.29 is 9.53 Å². The van der Waals surface area contributed by atoms with Crippen molar-refractivity contribution >= 4 is 5.91 Å². The van der Waals surface area contributed by atoms with E-state index in [1.165, 1.54) is 50.8 Å². The minimum Gasteiger partial charge on any atom is -0.484 e. The lowest BCUT2D eigenvalue weighted by Gasteiger charge is -2.42. The smallest absolute Gasteiger partial charge is 0.260 e. The average molecular weight is 330 g/mol. The van der Waals surface area contributed by atoms with Crippen molar-refractivity contribution in [3.8, 4) is 5.75 Å². The number of hydrogen-bond acceptors (Lipinski definition) is 3. The molecule has 1 aromatic rings. The summed E-state index contributed by atoms with van der Waals surface area (Å²) in [6, 6.07) is 8.75. The van der Waals surface area contributed by atoms with E-state index in [2.05, 4.69) is 4.90 Å². The fraction of sp³-hybridized carbons (Fsp3) is 0.650. The van der Waals surface area contributed by atoms with Gasteiger partial charge in [0.25, 0.3) is 5.91 Å². The normalized spacial score (nSPS) is 24.8. The fourth-order valence-electron chi connectivity index (χ4n) is 4.11. The predicted molar refractivity (Wildman–Crippen MR) is 96.3 cm³/mol. The van der Waals surface area contributed by atoms with Crippen molar-refractivity contribution in [2.45, 2.75) is 57.5 Å². The summed E-state index contributed by atoms with van der Waals surface area (Å²) >= 11 is 0. The summed E-state index contributed by atoms with van der Waals surface area (Å²) in [6.45, 7) is 4.57. The SMILES string of the molecule is Cc1ccc(OCC(=O)N(C)[C@@H]2CCCC[C@H]2N2CCCC2)cc1. The molecule has 24 heavy (non-hydrogen) atoms. The largest absolute Gasteiger partial charge is 0.484 e. The molecular weight excluding hydrogens is 300 g/mol. The second-order valence-corrected chi connectivity index (χ2v) is 7.27. The van der Waals surface area contributed by atoms with Crippen LogP contribution in [-0.4, -0.2) is 54.5 Å². The second kappa shape index (κ2) is 8.02. The zero-order valence-electron chi connectivity index (χ0n) is 15.0. The van der Waals surface area contributed by atoms with Crippen LogP contribution >= 0.6 is 0 Å². The molecule has 1 saturated heterocycles. The molecule has 1 aromatic carbocycles. The Kier molecular flexibility index (Phi) is 5.77. The van der Waals surface area contributed by atoms with Crippen LogP contribution in [0.3, 0.4) is 0 Å². The van der Waals surface area contributed by atoms with Gasteiger partial charge in [0.15, 0.2) is 6.61 Å². The van der Waals surface area contributed by atoms with E-state index in [0.29, 0.717) is 12.1 Å².